The largest absolute Gasteiger partial charge is 0.414 e. The average molecular weight is 396 g/mol. The normalized spacial score (nSPS) is 14.3. The summed E-state index contributed by atoms with van der Waals surface area (Å²) in [7, 11) is 0. The van der Waals surface area contributed by atoms with Crippen LogP contribution in [0.5, 0.6) is 0 Å². The number of carbonyl (C=O) groups is 2. The van der Waals surface area contributed by atoms with Crippen molar-refractivity contribution in [1.82, 2.24) is 20.8 Å². The molecule has 1 saturated carbocycles. The van der Waals surface area contributed by atoms with E-state index < -0.39 is 23.1 Å². The molecule has 1 aliphatic carbocycles. The number of hydrogen-bond acceptors (Lipinski definition) is 6. The van der Waals surface area contributed by atoms with Gasteiger partial charge in [0.25, 0.3) is 11.1 Å². The highest BCUT2D eigenvalue weighted by atomic mass is 32.2. The number of rotatable bonds is 7. The second-order valence-electron chi connectivity index (χ2n) is 6.08. The lowest BCUT2D eigenvalue weighted by molar-refractivity contribution is -0.119. The van der Waals surface area contributed by atoms with E-state index in [-0.39, 0.29) is 35.4 Å². The Morgan fingerprint density at radius 1 is 1.19 bits per heavy atom. The van der Waals surface area contributed by atoms with Crippen LogP contribution < -0.4 is 10.6 Å². The number of amides is 2. The molecule has 0 spiro atoms. The van der Waals surface area contributed by atoms with Gasteiger partial charge in [-0.05, 0) is 25.0 Å². The minimum absolute atomic E-state index is 0.0683. The Labute approximate surface area is 158 Å². The van der Waals surface area contributed by atoms with Gasteiger partial charge < -0.3 is 15.1 Å². The highest BCUT2D eigenvalue weighted by Gasteiger charge is 2.19. The van der Waals surface area contributed by atoms with Crippen molar-refractivity contribution in [3.8, 4) is 0 Å². The van der Waals surface area contributed by atoms with Crippen molar-refractivity contribution in [3.05, 3.63) is 41.3 Å². The van der Waals surface area contributed by atoms with Crippen LogP contribution in [0.3, 0.4) is 0 Å². The van der Waals surface area contributed by atoms with E-state index in [2.05, 4.69) is 20.8 Å². The van der Waals surface area contributed by atoms with Crippen molar-refractivity contribution in [3.63, 3.8) is 0 Å². The van der Waals surface area contributed by atoms with Gasteiger partial charge in [-0.25, -0.2) is 8.78 Å². The van der Waals surface area contributed by atoms with Crippen molar-refractivity contribution in [1.29, 1.82) is 0 Å². The molecule has 0 bridgehead atoms. The summed E-state index contributed by atoms with van der Waals surface area (Å²) in [5, 5.41) is 13.0. The SMILES string of the molecule is O=C(CSc1nnc(CNC(=O)c2c(F)cccc2F)o1)NC1CCCC1. The molecule has 7 nitrogen and oxygen atoms in total. The third-order valence-corrected chi connectivity index (χ3v) is 4.90. The van der Waals surface area contributed by atoms with Gasteiger partial charge in [0.2, 0.25) is 11.8 Å². The average Bonchev–Trinajstić information content (AvgIpc) is 3.30. The molecule has 2 aromatic rings. The summed E-state index contributed by atoms with van der Waals surface area (Å²) in [6, 6.07) is 3.41. The second kappa shape index (κ2) is 8.94. The monoisotopic (exact) mass is 396 g/mol. The van der Waals surface area contributed by atoms with E-state index in [0.29, 0.717) is 0 Å². The van der Waals surface area contributed by atoms with E-state index in [4.69, 9.17) is 4.42 Å². The Morgan fingerprint density at radius 2 is 1.89 bits per heavy atom. The summed E-state index contributed by atoms with van der Waals surface area (Å²) in [5.41, 5.74) is -0.671. The van der Waals surface area contributed by atoms with Crippen LogP contribution in [0.25, 0.3) is 0 Å². The second-order valence-corrected chi connectivity index (χ2v) is 7.01. The fourth-order valence-electron chi connectivity index (χ4n) is 2.79. The van der Waals surface area contributed by atoms with Crippen LogP contribution in [0.15, 0.2) is 27.8 Å². The molecule has 10 heteroatoms. The van der Waals surface area contributed by atoms with E-state index in [1.807, 2.05) is 0 Å². The summed E-state index contributed by atoms with van der Waals surface area (Å²) in [4.78, 5) is 23.8. The zero-order valence-corrected chi connectivity index (χ0v) is 15.2. The number of nitrogens with one attached hydrogen (secondary N) is 2. The summed E-state index contributed by atoms with van der Waals surface area (Å²) in [6.07, 6.45) is 4.27. The van der Waals surface area contributed by atoms with Crippen LogP contribution in [0.4, 0.5) is 8.78 Å². The molecule has 2 amide bonds. The van der Waals surface area contributed by atoms with E-state index in [1.54, 1.807) is 0 Å². The Hall–Kier alpha value is -2.49. The molecule has 2 N–H and O–H groups in total. The van der Waals surface area contributed by atoms with Gasteiger partial charge in [-0.3, -0.25) is 9.59 Å². The molecule has 0 unspecified atom stereocenters. The molecule has 27 heavy (non-hydrogen) atoms. The third kappa shape index (κ3) is 5.25. The van der Waals surface area contributed by atoms with E-state index in [0.717, 1.165) is 49.6 Å². The fourth-order valence-corrected chi connectivity index (χ4v) is 3.39. The molecule has 144 valence electrons. The Morgan fingerprint density at radius 3 is 2.59 bits per heavy atom. The lowest BCUT2D eigenvalue weighted by Gasteiger charge is -2.10. The first-order valence-electron chi connectivity index (χ1n) is 8.49. The maximum Gasteiger partial charge on any atom is 0.277 e. The van der Waals surface area contributed by atoms with Gasteiger partial charge in [-0.2, -0.15) is 0 Å². The van der Waals surface area contributed by atoms with Gasteiger partial charge in [-0.1, -0.05) is 30.7 Å². The van der Waals surface area contributed by atoms with Crippen LogP contribution >= 0.6 is 11.8 Å². The summed E-state index contributed by atoms with van der Waals surface area (Å²) in [6.45, 7) is -0.186. The molecular formula is C17H18F2N4O3S. The highest BCUT2D eigenvalue weighted by molar-refractivity contribution is 7.99. The molecule has 1 heterocycles. The van der Waals surface area contributed by atoms with Crippen LogP contribution in [0.1, 0.15) is 41.9 Å². The van der Waals surface area contributed by atoms with Gasteiger partial charge in [0.15, 0.2) is 0 Å². The van der Waals surface area contributed by atoms with E-state index >= 15 is 0 Å². The Kier molecular flexibility index (Phi) is 6.38. The minimum Gasteiger partial charge on any atom is -0.414 e. The lowest BCUT2D eigenvalue weighted by Crippen LogP contribution is -2.33. The molecule has 0 aliphatic heterocycles. The smallest absolute Gasteiger partial charge is 0.277 e. The van der Waals surface area contributed by atoms with Crippen LogP contribution in [-0.4, -0.2) is 33.8 Å². The number of aromatic nitrogens is 2. The summed E-state index contributed by atoms with van der Waals surface area (Å²) >= 11 is 1.08. The van der Waals surface area contributed by atoms with E-state index in [9.17, 15) is 18.4 Å². The molecule has 1 aromatic heterocycles. The molecule has 0 atom stereocenters. The molecule has 1 fully saturated rings. The molecule has 1 aliphatic rings. The Bertz CT molecular complexity index is 804. The zero-order valence-electron chi connectivity index (χ0n) is 14.3. The van der Waals surface area contributed by atoms with Crippen molar-refractivity contribution < 1.29 is 22.8 Å². The van der Waals surface area contributed by atoms with Gasteiger partial charge in [-0.15, -0.1) is 10.2 Å². The fraction of sp³-hybridized carbons (Fsp3) is 0.412. The third-order valence-electron chi connectivity index (χ3n) is 4.09. The maximum atomic E-state index is 13.6. The van der Waals surface area contributed by atoms with Crippen LogP contribution in [0, 0.1) is 11.6 Å². The number of halogens is 2. The first kappa shape index (κ1) is 19.3. The van der Waals surface area contributed by atoms with Gasteiger partial charge >= 0.3 is 0 Å². The van der Waals surface area contributed by atoms with Gasteiger partial charge in [0.1, 0.15) is 17.2 Å². The standard InChI is InChI=1S/C17H18F2N4O3S/c18-11-6-3-7-12(19)15(11)16(25)20-8-14-22-23-17(26-14)27-9-13(24)21-10-4-1-2-5-10/h3,6-7,10H,1-2,4-5,8-9H2,(H,20,25)(H,21,24). The van der Waals surface area contributed by atoms with Crippen LogP contribution in [0.2, 0.25) is 0 Å². The summed E-state index contributed by atoms with van der Waals surface area (Å²) < 4.78 is 32.4. The predicted molar refractivity (Wildman–Crippen MR) is 92.9 cm³/mol. The van der Waals surface area contributed by atoms with Crippen LogP contribution in [-0.2, 0) is 11.3 Å². The Balaban J connectivity index is 1.46. The molecule has 1 aromatic carbocycles. The number of thioether (sulfide) groups is 1. The molecule has 0 saturated heterocycles. The van der Waals surface area contributed by atoms with Crippen molar-refractivity contribution >= 4 is 23.6 Å². The topological polar surface area (TPSA) is 97.1 Å². The highest BCUT2D eigenvalue weighted by Crippen LogP contribution is 2.19. The van der Waals surface area contributed by atoms with E-state index in [1.165, 1.54) is 6.07 Å². The van der Waals surface area contributed by atoms with Crippen molar-refractivity contribution in [2.45, 2.75) is 43.5 Å². The molecule has 0 radical (unpaired) electrons. The van der Waals surface area contributed by atoms with Gasteiger partial charge in [0, 0.05) is 6.04 Å². The lowest BCUT2D eigenvalue weighted by atomic mass is 10.2. The summed E-state index contributed by atoms with van der Waals surface area (Å²) in [5.74, 6) is -2.72. The number of benzene rings is 1. The number of hydrogen-bond donors (Lipinski definition) is 2. The first-order valence-corrected chi connectivity index (χ1v) is 9.48. The number of carbonyl (C=O) groups excluding carboxylic acids is 2. The van der Waals surface area contributed by atoms with Crippen molar-refractivity contribution in [2.24, 2.45) is 0 Å². The van der Waals surface area contributed by atoms with Crippen molar-refractivity contribution in [2.75, 3.05) is 5.75 Å². The molecule has 3 rings (SSSR count). The minimum atomic E-state index is -0.956. The maximum absolute atomic E-state index is 13.6. The number of nitrogens with zero attached hydrogens (tertiary/aromatic N) is 2. The zero-order chi connectivity index (χ0) is 19.2. The predicted octanol–water partition coefficient (Wildman–Crippen LogP) is 2.43. The molecular weight excluding hydrogens is 378 g/mol. The quantitative estimate of drug-likeness (QED) is 0.698. The van der Waals surface area contributed by atoms with Gasteiger partial charge in [0.05, 0.1) is 12.3 Å². The first-order chi connectivity index (χ1) is 13.0.